The Kier molecular flexibility index (Phi) is 17.1. The van der Waals surface area contributed by atoms with E-state index in [1.54, 1.807) is 44.3 Å². The maximum absolute atomic E-state index is 14.0. The van der Waals surface area contributed by atoms with Gasteiger partial charge in [-0.3, -0.25) is 38.4 Å². The summed E-state index contributed by atoms with van der Waals surface area (Å²) < 4.78 is 0. The molecule has 58 heavy (non-hydrogen) atoms. The molecule has 7 atom stereocenters. The number of carbonyl (C=O) groups excluding carboxylic acids is 6. The summed E-state index contributed by atoms with van der Waals surface area (Å²) in [4.78, 5) is 118. The van der Waals surface area contributed by atoms with Gasteiger partial charge >= 0.3 is 17.9 Å². The number of aliphatic hydroxyl groups is 1. The number of amides is 6. The van der Waals surface area contributed by atoms with E-state index in [1.807, 2.05) is 0 Å². The summed E-state index contributed by atoms with van der Waals surface area (Å²) in [5.41, 5.74) is 7.09. The largest absolute Gasteiger partial charge is 0.481 e. The molecule has 1 aromatic heterocycles. The molecule has 3 rings (SSSR count). The normalized spacial score (nSPS) is 16.9. The lowest BCUT2D eigenvalue weighted by Crippen LogP contribution is -2.60. The molecule has 0 radical (unpaired) electrons. The Bertz CT molecular complexity index is 1850. The zero-order valence-corrected chi connectivity index (χ0v) is 32.4. The van der Waals surface area contributed by atoms with Gasteiger partial charge in [0.2, 0.25) is 35.4 Å². The molecule has 0 aliphatic carbocycles. The minimum Gasteiger partial charge on any atom is -0.481 e. The number of carbonyl (C=O) groups is 9. The molecule has 318 valence electrons. The Balaban J connectivity index is 1.79. The summed E-state index contributed by atoms with van der Waals surface area (Å²) in [7, 11) is 0. The first-order valence-electron chi connectivity index (χ1n) is 18.7. The van der Waals surface area contributed by atoms with Crippen LogP contribution in [0.15, 0.2) is 30.5 Å². The number of nitrogens with one attached hydrogen (secondary N) is 6. The smallest absolute Gasteiger partial charge is 0.326 e. The molecular weight excluding hydrogens is 764 g/mol. The fraction of sp³-hybridized carbons (Fsp3) is 0.541. The number of H-pyrrole nitrogens is 1. The second-order valence-corrected chi connectivity index (χ2v) is 14.5. The minimum absolute atomic E-state index is 0.0125. The summed E-state index contributed by atoms with van der Waals surface area (Å²) >= 11 is 0. The maximum atomic E-state index is 14.0. The first-order valence-corrected chi connectivity index (χ1v) is 18.7. The van der Waals surface area contributed by atoms with Crippen LogP contribution in [0.25, 0.3) is 10.9 Å². The summed E-state index contributed by atoms with van der Waals surface area (Å²) in [6, 6.07) is -1.25. The van der Waals surface area contributed by atoms with Gasteiger partial charge in [-0.2, -0.15) is 0 Å². The molecule has 6 amide bonds. The van der Waals surface area contributed by atoms with Gasteiger partial charge < -0.3 is 62.6 Å². The zero-order chi connectivity index (χ0) is 43.3. The van der Waals surface area contributed by atoms with Crippen LogP contribution in [0.1, 0.15) is 64.9 Å². The third kappa shape index (κ3) is 13.5. The fourth-order valence-electron chi connectivity index (χ4n) is 6.47. The van der Waals surface area contributed by atoms with Crippen molar-refractivity contribution in [2.75, 3.05) is 13.1 Å². The Labute approximate surface area is 332 Å². The second-order valence-electron chi connectivity index (χ2n) is 14.5. The molecule has 1 aliphatic rings. The van der Waals surface area contributed by atoms with E-state index in [1.165, 1.54) is 4.90 Å². The van der Waals surface area contributed by atoms with Gasteiger partial charge in [0.25, 0.3) is 0 Å². The number of aromatic amines is 1. The second kappa shape index (κ2) is 21.4. The van der Waals surface area contributed by atoms with Gasteiger partial charge in [0.1, 0.15) is 30.2 Å². The maximum Gasteiger partial charge on any atom is 0.326 e. The number of nitrogens with two attached hydrogens (primary N) is 1. The van der Waals surface area contributed by atoms with Crippen LogP contribution in [-0.4, -0.2) is 139 Å². The number of aliphatic hydroxyl groups excluding tert-OH is 1. The quantitative estimate of drug-likeness (QED) is 0.0609. The van der Waals surface area contributed by atoms with Crippen LogP contribution in [0.5, 0.6) is 0 Å². The number of likely N-dealkylation sites (tertiary alicyclic amines) is 1. The van der Waals surface area contributed by atoms with Crippen molar-refractivity contribution in [1.82, 2.24) is 36.5 Å². The number of para-hydroxylation sites is 1. The van der Waals surface area contributed by atoms with Gasteiger partial charge in [-0.15, -0.1) is 0 Å². The van der Waals surface area contributed by atoms with Crippen LogP contribution in [0, 0.1) is 5.92 Å². The average Bonchev–Trinajstić information content (AvgIpc) is 3.80. The molecular formula is C37H52N8O13. The number of carboxylic acid groups (broad SMARTS) is 3. The summed E-state index contributed by atoms with van der Waals surface area (Å²) in [5, 5.41) is 50.7. The number of aliphatic carboxylic acids is 3. The number of hydrogen-bond acceptors (Lipinski definition) is 11. The number of rotatable bonds is 22. The molecule has 0 bridgehead atoms. The first kappa shape index (κ1) is 46.3. The summed E-state index contributed by atoms with van der Waals surface area (Å²) in [5.74, 6) is -9.44. The molecule has 1 aromatic carbocycles. The van der Waals surface area contributed by atoms with Gasteiger partial charge in [0.15, 0.2) is 0 Å². The third-order valence-electron chi connectivity index (χ3n) is 9.39. The standard InChI is InChI=1S/C37H52N8O13/c1-18(2)13-25(33(53)44-31(19(3)46)35(55)42-24(37(57)58)10-11-29(48)49)43-32(52)26(14-20-16-39-23-8-5-4-7-21(20)23)41-28(47)17-40-34(54)27-9-6-12-45(27)36(56)22(38)15-30(50)51/h4-5,7-8,16,18-19,22,24-27,31,39,46H,6,9-15,17,38H2,1-3H3,(H,40,54)(H,41,47)(H,42,55)(H,43,52)(H,44,53)(H,48,49)(H,50,51)(H,57,58)/t19-,22+,24+,25+,26+,27+,31+/m1/s1. The van der Waals surface area contributed by atoms with Gasteiger partial charge in [-0.1, -0.05) is 32.0 Å². The Hall–Kier alpha value is -6.09. The number of benzene rings is 1. The molecule has 21 heteroatoms. The highest BCUT2D eigenvalue weighted by Crippen LogP contribution is 2.21. The van der Waals surface area contributed by atoms with Crippen molar-refractivity contribution in [2.45, 2.75) is 108 Å². The van der Waals surface area contributed by atoms with Crippen LogP contribution in [-0.2, 0) is 49.6 Å². The van der Waals surface area contributed by atoms with Crippen LogP contribution >= 0.6 is 0 Å². The lowest BCUT2D eigenvalue weighted by Gasteiger charge is -2.28. The lowest BCUT2D eigenvalue weighted by molar-refractivity contribution is -0.144. The SMILES string of the molecule is CC(C)C[C@H](NC(=O)[C@H](Cc1c[nH]c2ccccc12)NC(=O)CNC(=O)[C@@H]1CCCN1C(=O)[C@@H](N)CC(=O)O)C(=O)N[C@H](C(=O)N[C@@H](CCC(=O)O)C(=O)O)[C@@H](C)O. The number of hydrogen-bond donors (Lipinski definition) is 11. The van der Waals surface area contributed by atoms with Crippen molar-refractivity contribution >= 4 is 64.3 Å². The molecule has 1 fully saturated rings. The van der Waals surface area contributed by atoms with Crippen molar-refractivity contribution in [2.24, 2.45) is 11.7 Å². The number of nitrogens with zero attached hydrogens (tertiary/aromatic N) is 1. The van der Waals surface area contributed by atoms with Crippen LogP contribution in [0.2, 0.25) is 0 Å². The average molecular weight is 817 g/mol. The van der Waals surface area contributed by atoms with Crippen molar-refractivity contribution in [3.8, 4) is 0 Å². The van der Waals surface area contributed by atoms with E-state index in [4.69, 9.17) is 15.9 Å². The number of carboxylic acids is 3. The first-order chi connectivity index (χ1) is 27.3. The monoisotopic (exact) mass is 816 g/mol. The summed E-state index contributed by atoms with van der Waals surface area (Å²) in [6.45, 7) is 4.19. The molecule has 1 aliphatic heterocycles. The van der Waals surface area contributed by atoms with Gasteiger partial charge in [0, 0.05) is 36.5 Å². The van der Waals surface area contributed by atoms with Gasteiger partial charge in [-0.05, 0) is 50.2 Å². The Morgan fingerprint density at radius 1 is 0.862 bits per heavy atom. The highest BCUT2D eigenvalue weighted by atomic mass is 16.4. The van der Waals surface area contributed by atoms with E-state index in [0.717, 1.165) is 17.8 Å². The van der Waals surface area contributed by atoms with Gasteiger partial charge in [0.05, 0.1) is 25.1 Å². The van der Waals surface area contributed by atoms with Crippen molar-refractivity contribution in [3.63, 3.8) is 0 Å². The molecule has 2 heterocycles. The molecule has 0 spiro atoms. The van der Waals surface area contributed by atoms with Crippen LogP contribution in [0.4, 0.5) is 0 Å². The van der Waals surface area contributed by atoms with E-state index < -0.39 is 122 Å². The lowest BCUT2D eigenvalue weighted by atomic mass is 10.00. The number of fused-ring (bicyclic) bond motifs is 1. The van der Waals surface area contributed by atoms with Gasteiger partial charge in [-0.25, -0.2) is 4.79 Å². The predicted molar refractivity (Wildman–Crippen MR) is 203 cm³/mol. The Morgan fingerprint density at radius 3 is 2.14 bits per heavy atom. The van der Waals surface area contributed by atoms with Crippen LogP contribution in [0.3, 0.4) is 0 Å². The highest BCUT2D eigenvalue weighted by molar-refractivity contribution is 5.97. The zero-order valence-electron chi connectivity index (χ0n) is 32.4. The fourth-order valence-corrected chi connectivity index (χ4v) is 6.47. The molecule has 2 aromatic rings. The van der Waals surface area contributed by atoms with E-state index in [2.05, 4.69) is 31.6 Å². The molecule has 0 unspecified atom stereocenters. The van der Waals surface area contributed by atoms with E-state index in [-0.39, 0.29) is 31.7 Å². The third-order valence-corrected chi connectivity index (χ3v) is 9.39. The topological polar surface area (TPSA) is 340 Å². The van der Waals surface area contributed by atoms with E-state index >= 15 is 0 Å². The molecule has 1 saturated heterocycles. The van der Waals surface area contributed by atoms with E-state index in [0.29, 0.717) is 12.0 Å². The van der Waals surface area contributed by atoms with Crippen molar-refractivity contribution in [3.05, 3.63) is 36.0 Å². The molecule has 0 saturated carbocycles. The molecule has 12 N–H and O–H groups in total. The highest BCUT2D eigenvalue weighted by Gasteiger charge is 2.38. The van der Waals surface area contributed by atoms with Crippen molar-refractivity contribution < 1.29 is 63.6 Å². The predicted octanol–water partition coefficient (Wildman–Crippen LogP) is -2.06. The van der Waals surface area contributed by atoms with Crippen molar-refractivity contribution in [1.29, 1.82) is 0 Å². The number of aromatic nitrogens is 1. The Morgan fingerprint density at radius 2 is 1.52 bits per heavy atom. The molecule has 21 nitrogen and oxygen atoms in total. The van der Waals surface area contributed by atoms with E-state index in [9.17, 15) is 53.4 Å². The summed E-state index contributed by atoms with van der Waals surface area (Å²) in [6.07, 6.45) is -1.01. The van der Waals surface area contributed by atoms with Crippen LogP contribution < -0.4 is 32.3 Å². The minimum atomic E-state index is -1.71.